The number of hydrogen-bond donors (Lipinski definition) is 0. The minimum Gasteiger partial charge on any atom is -1.00 e. The molecule has 0 spiro atoms. The van der Waals surface area contributed by atoms with Crippen molar-refractivity contribution >= 4 is 0 Å². The molecule has 21 heavy (non-hydrogen) atoms. The molecule has 0 amide bonds. The van der Waals surface area contributed by atoms with E-state index in [2.05, 4.69) is 21.5 Å². The van der Waals surface area contributed by atoms with Crippen LogP contribution in [0, 0.1) is 0 Å². The predicted molar refractivity (Wildman–Crippen MR) is 71.0 cm³/mol. The summed E-state index contributed by atoms with van der Waals surface area (Å²) in [5, 5.41) is 0. The predicted octanol–water partition coefficient (Wildman–Crippen LogP) is -4.62. The lowest BCUT2D eigenvalue weighted by Gasteiger charge is -2.00. The summed E-state index contributed by atoms with van der Waals surface area (Å²) >= 11 is 0. The SMILES string of the molecule is COc1ccc[n+](CCC[n+]2cccc(OC)c2)c1.[I-].[I-]. The molecule has 0 saturated heterocycles. The van der Waals surface area contributed by atoms with Gasteiger partial charge in [-0.25, -0.2) is 9.13 Å². The smallest absolute Gasteiger partial charge is 0.211 e. The molecule has 0 aliphatic heterocycles. The van der Waals surface area contributed by atoms with E-state index >= 15 is 0 Å². The van der Waals surface area contributed by atoms with E-state index in [0.717, 1.165) is 31.0 Å². The van der Waals surface area contributed by atoms with Gasteiger partial charge in [0.15, 0.2) is 37.0 Å². The van der Waals surface area contributed by atoms with Crippen molar-refractivity contribution in [2.24, 2.45) is 0 Å². The quantitative estimate of drug-likeness (QED) is 0.287. The third-order valence-corrected chi connectivity index (χ3v) is 2.97. The first kappa shape index (κ1) is 20.4. The largest absolute Gasteiger partial charge is 1.00 e. The van der Waals surface area contributed by atoms with Crippen LogP contribution in [-0.2, 0) is 13.1 Å². The molecule has 2 heterocycles. The van der Waals surface area contributed by atoms with E-state index in [9.17, 15) is 0 Å². The Morgan fingerprint density at radius 2 is 1.24 bits per heavy atom. The molecule has 0 fully saturated rings. The van der Waals surface area contributed by atoms with Gasteiger partial charge in [0.05, 0.1) is 20.6 Å². The monoisotopic (exact) mass is 514 g/mol. The molecule has 0 radical (unpaired) electrons. The molecule has 0 aliphatic carbocycles. The van der Waals surface area contributed by atoms with Gasteiger partial charge in [-0.2, -0.15) is 0 Å². The molecule has 2 rings (SSSR count). The third kappa shape index (κ3) is 6.77. The maximum atomic E-state index is 5.21. The van der Waals surface area contributed by atoms with Crippen molar-refractivity contribution < 1.29 is 66.6 Å². The number of rotatable bonds is 6. The summed E-state index contributed by atoms with van der Waals surface area (Å²) in [5.41, 5.74) is 0. The van der Waals surface area contributed by atoms with Crippen molar-refractivity contribution in [1.82, 2.24) is 0 Å². The van der Waals surface area contributed by atoms with Gasteiger partial charge in [0, 0.05) is 12.1 Å². The number of halogens is 2. The van der Waals surface area contributed by atoms with Gasteiger partial charge in [0.2, 0.25) is 12.4 Å². The summed E-state index contributed by atoms with van der Waals surface area (Å²) in [6.07, 6.45) is 9.18. The van der Waals surface area contributed by atoms with Gasteiger partial charge < -0.3 is 57.4 Å². The molecule has 0 saturated carbocycles. The Morgan fingerprint density at radius 3 is 1.62 bits per heavy atom. The molecule has 0 aromatic carbocycles. The van der Waals surface area contributed by atoms with Gasteiger partial charge in [0.1, 0.15) is 0 Å². The molecular formula is C15H20I2N2O2. The Hall–Kier alpha value is -0.640. The maximum absolute atomic E-state index is 5.21. The average molecular weight is 514 g/mol. The minimum atomic E-state index is 0. The van der Waals surface area contributed by atoms with Gasteiger partial charge in [-0.1, -0.05) is 0 Å². The van der Waals surface area contributed by atoms with Gasteiger partial charge >= 0.3 is 0 Å². The second kappa shape index (κ2) is 11.0. The van der Waals surface area contributed by atoms with E-state index in [0.29, 0.717) is 0 Å². The normalized spacial score (nSPS) is 9.24. The lowest BCUT2D eigenvalue weighted by atomic mass is 10.3. The third-order valence-electron chi connectivity index (χ3n) is 2.97. The zero-order chi connectivity index (χ0) is 13.5. The van der Waals surface area contributed by atoms with Crippen LogP contribution in [0.3, 0.4) is 0 Å². The fourth-order valence-electron chi connectivity index (χ4n) is 1.95. The van der Waals surface area contributed by atoms with Crippen molar-refractivity contribution in [2.45, 2.75) is 19.5 Å². The molecule has 0 bridgehead atoms. The fourth-order valence-corrected chi connectivity index (χ4v) is 1.95. The molecule has 116 valence electrons. The van der Waals surface area contributed by atoms with Crippen LogP contribution in [0.15, 0.2) is 49.1 Å². The topological polar surface area (TPSA) is 26.2 Å². The molecule has 6 heteroatoms. The first-order valence-electron chi connectivity index (χ1n) is 6.38. The number of pyridine rings is 2. The van der Waals surface area contributed by atoms with Gasteiger partial charge in [0.25, 0.3) is 0 Å². The lowest BCUT2D eigenvalue weighted by molar-refractivity contribution is -0.727. The van der Waals surface area contributed by atoms with E-state index in [1.165, 1.54) is 0 Å². The molecular weight excluding hydrogens is 494 g/mol. The molecule has 0 unspecified atom stereocenters. The van der Waals surface area contributed by atoms with Crippen molar-refractivity contribution in [3.05, 3.63) is 49.1 Å². The molecule has 0 atom stereocenters. The molecule has 4 nitrogen and oxygen atoms in total. The van der Waals surface area contributed by atoms with E-state index < -0.39 is 0 Å². The fraction of sp³-hybridized carbons (Fsp3) is 0.333. The number of nitrogens with zero attached hydrogens (tertiary/aromatic N) is 2. The summed E-state index contributed by atoms with van der Waals surface area (Å²) in [6.45, 7) is 1.92. The number of methoxy groups -OCH3 is 2. The summed E-state index contributed by atoms with van der Waals surface area (Å²) in [7, 11) is 3.37. The molecule has 0 aliphatic rings. The molecule has 0 N–H and O–H groups in total. The van der Waals surface area contributed by atoms with Crippen molar-refractivity contribution in [2.75, 3.05) is 14.2 Å². The lowest BCUT2D eigenvalue weighted by Crippen LogP contribution is -3.00. The van der Waals surface area contributed by atoms with Crippen molar-refractivity contribution in [3.8, 4) is 11.5 Å². The zero-order valence-corrected chi connectivity index (χ0v) is 16.5. The van der Waals surface area contributed by atoms with Crippen LogP contribution in [0.5, 0.6) is 11.5 Å². The second-order valence-corrected chi connectivity index (χ2v) is 4.32. The highest BCUT2D eigenvalue weighted by Gasteiger charge is 2.06. The number of hydrogen-bond acceptors (Lipinski definition) is 2. The standard InChI is InChI=1S/C15H20N2O2.2HI/c1-18-14-6-3-8-16(12-14)10-5-11-17-9-4-7-15(13-17)19-2;;/h3-4,6-9,12-13H,5,10-11H2,1-2H3;2*1H/q+2;;/p-2. The highest BCUT2D eigenvalue weighted by molar-refractivity contribution is 5.12. The summed E-state index contributed by atoms with van der Waals surface area (Å²) < 4.78 is 14.7. The Kier molecular flexibility index (Phi) is 10.7. The first-order chi connectivity index (χ1) is 9.31. The Balaban J connectivity index is 0.00000200. The summed E-state index contributed by atoms with van der Waals surface area (Å²) in [6, 6.07) is 7.90. The molecule has 2 aromatic rings. The van der Waals surface area contributed by atoms with Crippen LogP contribution in [-0.4, -0.2) is 14.2 Å². The van der Waals surface area contributed by atoms with Crippen LogP contribution in [0.4, 0.5) is 0 Å². The minimum absolute atomic E-state index is 0. The number of aromatic nitrogens is 2. The van der Waals surface area contributed by atoms with Crippen LogP contribution in [0.25, 0.3) is 0 Å². The van der Waals surface area contributed by atoms with Crippen molar-refractivity contribution in [3.63, 3.8) is 0 Å². The number of ether oxygens (including phenoxy) is 2. The molecule has 2 aromatic heterocycles. The zero-order valence-electron chi connectivity index (χ0n) is 12.2. The van der Waals surface area contributed by atoms with Crippen LogP contribution >= 0.6 is 0 Å². The van der Waals surface area contributed by atoms with Crippen LogP contribution in [0.2, 0.25) is 0 Å². The summed E-state index contributed by atoms with van der Waals surface area (Å²) in [4.78, 5) is 0. The Morgan fingerprint density at radius 1 is 0.810 bits per heavy atom. The van der Waals surface area contributed by atoms with E-state index in [-0.39, 0.29) is 48.0 Å². The van der Waals surface area contributed by atoms with Gasteiger partial charge in [-0.15, -0.1) is 0 Å². The van der Waals surface area contributed by atoms with E-state index in [1.54, 1.807) is 14.2 Å². The maximum Gasteiger partial charge on any atom is 0.211 e. The average Bonchev–Trinajstić information content (AvgIpc) is 2.48. The Labute approximate surface area is 160 Å². The van der Waals surface area contributed by atoms with Gasteiger partial charge in [-0.05, 0) is 12.1 Å². The van der Waals surface area contributed by atoms with E-state index in [1.807, 2.05) is 36.7 Å². The van der Waals surface area contributed by atoms with Crippen molar-refractivity contribution in [1.29, 1.82) is 0 Å². The highest BCUT2D eigenvalue weighted by atomic mass is 127. The number of aryl methyl sites for hydroxylation is 2. The highest BCUT2D eigenvalue weighted by Crippen LogP contribution is 2.04. The van der Waals surface area contributed by atoms with Gasteiger partial charge in [-0.3, -0.25) is 0 Å². The summed E-state index contributed by atoms with van der Waals surface area (Å²) in [5.74, 6) is 1.77. The van der Waals surface area contributed by atoms with E-state index in [4.69, 9.17) is 9.47 Å². The Bertz CT molecular complexity index is 491. The van der Waals surface area contributed by atoms with Crippen LogP contribution < -0.4 is 66.6 Å². The first-order valence-corrected chi connectivity index (χ1v) is 6.38. The second-order valence-electron chi connectivity index (χ2n) is 4.32. The van der Waals surface area contributed by atoms with Crippen LogP contribution in [0.1, 0.15) is 6.42 Å².